The lowest BCUT2D eigenvalue weighted by molar-refractivity contribution is -0.147. The highest BCUT2D eigenvalue weighted by atomic mass is 16.5. The zero-order valence-electron chi connectivity index (χ0n) is 11.9. The summed E-state index contributed by atoms with van der Waals surface area (Å²) in [4.78, 5) is 11.7. The summed E-state index contributed by atoms with van der Waals surface area (Å²) in [5.74, 6) is 0.565. The molecule has 0 radical (unpaired) electrons. The van der Waals surface area contributed by atoms with Gasteiger partial charge in [0.1, 0.15) is 5.75 Å². The second-order valence-corrected chi connectivity index (χ2v) is 4.63. The molecule has 1 rings (SSSR count). The largest absolute Gasteiger partial charge is 0.496 e. The second kappa shape index (κ2) is 6.43. The number of hydrogen-bond acceptors (Lipinski definition) is 3. The van der Waals surface area contributed by atoms with Gasteiger partial charge in [0.25, 0.3) is 0 Å². The predicted molar refractivity (Wildman–Crippen MR) is 72.0 cm³/mol. The molecule has 1 unspecified atom stereocenters. The van der Waals surface area contributed by atoms with Gasteiger partial charge in [-0.15, -0.1) is 0 Å². The monoisotopic (exact) mass is 250 g/mol. The van der Waals surface area contributed by atoms with Crippen molar-refractivity contribution < 1.29 is 14.3 Å². The minimum Gasteiger partial charge on any atom is -0.496 e. The Morgan fingerprint density at radius 3 is 2.56 bits per heavy atom. The number of methoxy groups -OCH3 is 1. The van der Waals surface area contributed by atoms with Crippen LogP contribution < -0.4 is 4.74 Å². The molecule has 0 saturated heterocycles. The van der Waals surface area contributed by atoms with E-state index in [1.165, 1.54) is 5.56 Å². The summed E-state index contributed by atoms with van der Waals surface area (Å²) in [6, 6.07) is 4.15. The van der Waals surface area contributed by atoms with Gasteiger partial charge in [-0.1, -0.05) is 24.6 Å². The van der Waals surface area contributed by atoms with Crippen LogP contribution >= 0.6 is 0 Å². The van der Waals surface area contributed by atoms with Crippen LogP contribution in [0, 0.1) is 19.8 Å². The Balaban J connectivity index is 2.93. The molecule has 3 nitrogen and oxygen atoms in total. The van der Waals surface area contributed by atoms with Crippen LogP contribution in [0.15, 0.2) is 12.1 Å². The molecule has 0 fully saturated rings. The Morgan fingerprint density at radius 1 is 1.33 bits per heavy atom. The molecule has 1 atom stereocenters. The summed E-state index contributed by atoms with van der Waals surface area (Å²) in [6.45, 7) is 8.19. The lowest BCUT2D eigenvalue weighted by Crippen LogP contribution is -2.17. The van der Waals surface area contributed by atoms with Crippen molar-refractivity contribution in [1.82, 2.24) is 0 Å². The summed E-state index contributed by atoms with van der Waals surface area (Å²) in [6.07, 6.45) is 0.643. The van der Waals surface area contributed by atoms with E-state index >= 15 is 0 Å². The maximum absolute atomic E-state index is 11.7. The molecular formula is C15H22O3. The number of benzene rings is 1. The predicted octanol–water partition coefficient (Wildman–Crippen LogP) is 3.05. The number of hydrogen-bond donors (Lipinski definition) is 0. The van der Waals surface area contributed by atoms with Gasteiger partial charge >= 0.3 is 5.97 Å². The van der Waals surface area contributed by atoms with E-state index in [0.29, 0.717) is 13.0 Å². The molecule has 0 aliphatic heterocycles. The van der Waals surface area contributed by atoms with Gasteiger partial charge in [0.2, 0.25) is 0 Å². The Morgan fingerprint density at radius 2 is 2.00 bits per heavy atom. The molecule has 0 saturated carbocycles. The van der Waals surface area contributed by atoms with E-state index in [-0.39, 0.29) is 11.9 Å². The Labute approximate surface area is 109 Å². The SMILES string of the molecule is CCOC(=O)C(C)Cc1cc(C)cc(C)c1OC. The fraction of sp³-hybridized carbons (Fsp3) is 0.533. The molecule has 100 valence electrons. The van der Waals surface area contributed by atoms with E-state index in [0.717, 1.165) is 16.9 Å². The summed E-state index contributed by atoms with van der Waals surface area (Å²) < 4.78 is 10.4. The lowest BCUT2D eigenvalue weighted by Gasteiger charge is -2.16. The third kappa shape index (κ3) is 3.49. The van der Waals surface area contributed by atoms with Crippen molar-refractivity contribution in [2.45, 2.75) is 34.1 Å². The van der Waals surface area contributed by atoms with Gasteiger partial charge < -0.3 is 9.47 Å². The smallest absolute Gasteiger partial charge is 0.308 e. The molecule has 18 heavy (non-hydrogen) atoms. The van der Waals surface area contributed by atoms with Crippen molar-refractivity contribution in [3.05, 3.63) is 28.8 Å². The number of aryl methyl sites for hydroxylation is 2. The molecule has 0 amide bonds. The fourth-order valence-electron chi connectivity index (χ4n) is 2.18. The molecule has 3 heteroatoms. The van der Waals surface area contributed by atoms with Gasteiger partial charge in [0.05, 0.1) is 19.6 Å². The number of rotatable bonds is 5. The van der Waals surface area contributed by atoms with Crippen molar-refractivity contribution in [3.63, 3.8) is 0 Å². The quantitative estimate of drug-likeness (QED) is 0.753. The van der Waals surface area contributed by atoms with E-state index in [9.17, 15) is 4.79 Å². The summed E-state index contributed by atoms with van der Waals surface area (Å²) in [5, 5.41) is 0. The van der Waals surface area contributed by atoms with Crippen molar-refractivity contribution in [1.29, 1.82) is 0 Å². The molecule has 0 aliphatic carbocycles. The highest BCUT2D eigenvalue weighted by molar-refractivity contribution is 5.72. The van der Waals surface area contributed by atoms with Gasteiger partial charge in [-0.05, 0) is 38.3 Å². The third-order valence-corrected chi connectivity index (χ3v) is 2.92. The van der Waals surface area contributed by atoms with Gasteiger partial charge in [-0.25, -0.2) is 0 Å². The minimum atomic E-state index is -0.154. The standard InChI is InChI=1S/C15H22O3/c1-6-18-15(16)12(4)9-13-8-10(2)7-11(3)14(13)17-5/h7-8,12H,6,9H2,1-5H3. The first-order valence-corrected chi connectivity index (χ1v) is 6.30. The maximum Gasteiger partial charge on any atom is 0.308 e. The highest BCUT2D eigenvalue weighted by Crippen LogP contribution is 2.27. The molecule has 0 aromatic heterocycles. The third-order valence-electron chi connectivity index (χ3n) is 2.92. The van der Waals surface area contributed by atoms with Crippen molar-refractivity contribution in [2.24, 2.45) is 5.92 Å². The minimum absolute atomic E-state index is 0.153. The van der Waals surface area contributed by atoms with Crippen LogP contribution in [0.3, 0.4) is 0 Å². The molecule has 0 aliphatic rings. The first-order chi connectivity index (χ1) is 8.49. The Bertz CT molecular complexity index is 424. The summed E-state index contributed by atoms with van der Waals surface area (Å²) in [7, 11) is 1.66. The number of carbonyl (C=O) groups is 1. The van der Waals surface area contributed by atoms with Crippen molar-refractivity contribution in [3.8, 4) is 5.75 Å². The lowest BCUT2D eigenvalue weighted by atomic mass is 9.96. The zero-order chi connectivity index (χ0) is 13.7. The highest BCUT2D eigenvalue weighted by Gasteiger charge is 2.18. The van der Waals surface area contributed by atoms with Crippen molar-refractivity contribution >= 4 is 5.97 Å². The van der Waals surface area contributed by atoms with Crippen LogP contribution in [0.25, 0.3) is 0 Å². The molecule has 0 spiro atoms. The van der Waals surface area contributed by atoms with E-state index in [1.807, 2.05) is 27.7 Å². The summed E-state index contributed by atoms with van der Waals surface area (Å²) in [5.41, 5.74) is 3.35. The average Bonchev–Trinajstić information content (AvgIpc) is 2.28. The normalized spacial score (nSPS) is 12.1. The first-order valence-electron chi connectivity index (χ1n) is 6.30. The van der Waals surface area contributed by atoms with Crippen LogP contribution in [-0.4, -0.2) is 19.7 Å². The topological polar surface area (TPSA) is 35.5 Å². The molecular weight excluding hydrogens is 228 g/mol. The van der Waals surface area contributed by atoms with Gasteiger partial charge in [0, 0.05) is 0 Å². The van der Waals surface area contributed by atoms with E-state index < -0.39 is 0 Å². The average molecular weight is 250 g/mol. The van der Waals surface area contributed by atoms with E-state index in [2.05, 4.69) is 12.1 Å². The molecule has 1 aromatic carbocycles. The molecule has 0 heterocycles. The van der Waals surface area contributed by atoms with Crippen LogP contribution in [0.4, 0.5) is 0 Å². The van der Waals surface area contributed by atoms with Gasteiger partial charge in [-0.3, -0.25) is 4.79 Å². The first kappa shape index (κ1) is 14.6. The summed E-state index contributed by atoms with van der Waals surface area (Å²) >= 11 is 0. The van der Waals surface area contributed by atoms with E-state index in [4.69, 9.17) is 9.47 Å². The fourth-order valence-corrected chi connectivity index (χ4v) is 2.18. The Kier molecular flexibility index (Phi) is 5.20. The van der Waals surface area contributed by atoms with Gasteiger partial charge in [-0.2, -0.15) is 0 Å². The number of carbonyl (C=O) groups excluding carboxylic acids is 1. The Hall–Kier alpha value is -1.51. The van der Waals surface area contributed by atoms with Crippen LogP contribution in [0.1, 0.15) is 30.5 Å². The van der Waals surface area contributed by atoms with Crippen molar-refractivity contribution in [2.75, 3.05) is 13.7 Å². The number of esters is 1. The van der Waals surface area contributed by atoms with Crippen LogP contribution in [0.5, 0.6) is 5.75 Å². The molecule has 1 aromatic rings. The maximum atomic E-state index is 11.7. The molecule has 0 bridgehead atoms. The zero-order valence-corrected chi connectivity index (χ0v) is 11.9. The number of ether oxygens (including phenoxy) is 2. The second-order valence-electron chi connectivity index (χ2n) is 4.63. The van der Waals surface area contributed by atoms with Gasteiger partial charge in [0.15, 0.2) is 0 Å². The van der Waals surface area contributed by atoms with Crippen LogP contribution in [-0.2, 0) is 16.0 Å². The molecule has 0 N–H and O–H groups in total. The van der Waals surface area contributed by atoms with E-state index in [1.54, 1.807) is 7.11 Å². The van der Waals surface area contributed by atoms with Crippen LogP contribution in [0.2, 0.25) is 0 Å².